The first-order valence-corrected chi connectivity index (χ1v) is 10.6. The van der Waals surface area contributed by atoms with Gasteiger partial charge in [0.25, 0.3) is 0 Å². The SMILES string of the molecule is Cc1c2ccccc2c(C)c2nc3c(nc12)C1c2ccccc2C3c2ccccc21. The fourth-order valence-corrected chi connectivity index (χ4v) is 5.80. The molecule has 0 radical (unpaired) electrons. The Balaban J connectivity index is 1.64. The molecule has 4 aromatic carbocycles. The quantitative estimate of drug-likeness (QED) is 0.283. The van der Waals surface area contributed by atoms with Gasteiger partial charge in [-0.05, 0) is 58.0 Å². The molecular weight excluding hydrogens is 364 g/mol. The monoisotopic (exact) mass is 384 g/mol. The predicted molar refractivity (Wildman–Crippen MR) is 121 cm³/mol. The van der Waals surface area contributed by atoms with Crippen LogP contribution in [-0.4, -0.2) is 9.97 Å². The molecule has 3 aliphatic carbocycles. The van der Waals surface area contributed by atoms with Crippen LogP contribution in [0.2, 0.25) is 0 Å². The minimum atomic E-state index is 0.167. The Bertz CT molecular complexity index is 1370. The standard InChI is InChI=1S/C28H20N2/c1-15-17-9-3-4-10-18(17)16(2)26-25(15)29-27-23-19-11-5-7-13-21(19)24(28(27)30-26)22-14-8-6-12-20(22)23/h3-14,23-24H,1-2H3. The zero-order valence-electron chi connectivity index (χ0n) is 17.0. The number of nitrogens with zero attached hydrogens (tertiary/aromatic N) is 2. The first-order valence-electron chi connectivity index (χ1n) is 10.6. The van der Waals surface area contributed by atoms with Gasteiger partial charge in [-0.1, -0.05) is 72.8 Å². The summed E-state index contributed by atoms with van der Waals surface area (Å²) in [6, 6.07) is 26.3. The average Bonchev–Trinajstić information content (AvgIpc) is 2.81. The van der Waals surface area contributed by atoms with Crippen LogP contribution in [0.1, 0.15) is 56.6 Å². The number of rotatable bonds is 0. The average molecular weight is 384 g/mol. The van der Waals surface area contributed by atoms with Gasteiger partial charge in [0.15, 0.2) is 0 Å². The van der Waals surface area contributed by atoms with Crippen LogP contribution in [0.25, 0.3) is 21.8 Å². The normalized spacial score (nSPS) is 18.3. The molecule has 2 heteroatoms. The zero-order valence-corrected chi connectivity index (χ0v) is 17.0. The number of benzene rings is 4. The van der Waals surface area contributed by atoms with E-state index in [-0.39, 0.29) is 11.8 Å². The molecule has 0 spiro atoms. The minimum absolute atomic E-state index is 0.167. The Kier molecular flexibility index (Phi) is 3.01. The fraction of sp³-hybridized carbons (Fsp3) is 0.143. The molecule has 5 aromatic rings. The summed E-state index contributed by atoms with van der Waals surface area (Å²) in [4.78, 5) is 10.7. The second-order valence-electron chi connectivity index (χ2n) is 8.61. The molecule has 0 aliphatic heterocycles. The molecule has 3 aliphatic rings. The molecule has 2 bridgehead atoms. The van der Waals surface area contributed by atoms with Crippen molar-refractivity contribution in [1.82, 2.24) is 9.97 Å². The van der Waals surface area contributed by atoms with Crippen LogP contribution in [0.15, 0.2) is 72.8 Å². The maximum absolute atomic E-state index is 5.34. The predicted octanol–water partition coefficient (Wildman–Crippen LogP) is 6.39. The molecule has 0 saturated heterocycles. The van der Waals surface area contributed by atoms with Gasteiger partial charge in [-0.15, -0.1) is 0 Å². The second-order valence-corrected chi connectivity index (χ2v) is 8.61. The summed E-state index contributed by atoms with van der Waals surface area (Å²) in [6.07, 6.45) is 0. The molecule has 0 amide bonds. The number of aryl methyl sites for hydroxylation is 2. The van der Waals surface area contributed by atoms with Crippen LogP contribution in [-0.2, 0) is 0 Å². The highest BCUT2D eigenvalue weighted by Gasteiger charge is 2.43. The number of hydrogen-bond donors (Lipinski definition) is 0. The highest BCUT2D eigenvalue weighted by atomic mass is 14.9. The summed E-state index contributed by atoms with van der Waals surface area (Å²) in [7, 11) is 0. The molecule has 30 heavy (non-hydrogen) atoms. The third-order valence-electron chi connectivity index (χ3n) is 7.18. The lowest BCUT2D eigenvalue weighted by Crippen LogP contribution is -2.29. The molecule has 2 nitrogen and oxygen atoms in total. The van der Waals surface area contributed by atoms with Gasteiger partial charge < -0.3 is 0 Å². The maximum atomic E-state index is 5.34. The molecule has 0 unspecified atom stereocenters. The van der Waals surface area contributed by atoms with E-state index in [0.717, 1.165) is 22.4 Å². The molecular formula is C28H20N2. The molecule has 8 rings (SSSR count). The lowest BCUT2D eigenvalue weighted by molar-refractivity contribution is 0.709. The lowest BCUT2D eigenvalue weighted by atomic mass is 9.64. The van der Waals surface area contributed by atoms with Gasteiger partial charge in [0.2, 0.25) is 0 Å². The first kappa shape index (κ1) is 16.3. The number of fused-ring (bicyclic) bond motifs is 2. The van der Waals surface area contributed by atoms with Gasteiger partial charge in [-0.3, -0.25) is 0 Å². The van der Waals surface area contributed by atoms with Crippen molar-refractivity contribution in [1.29, 1.82) is 0 Å². The van der Waals surface area contributed by atoms with Crippen molar-refractivity contribution < 1.29 is 0 Å². The van der Waals surface area contributed by atoms with E-state index in [9.17, 15) is 0 Å². The van der Waals surface area contributed by atoms with E-state index >= 15 is 0 Å². The Labute approximate surface area is 175 Å². The zero-order chi connectivity index (χ0) is 20.0. The molecule has 1 aromatic heterocycles. The lowest BCUT2D eigenvalue weighted by Gasteiger charge is -2.40. The molecule has 1 heterocycles. The van der Waals surface area contributed by atoms with Crippen molar-refractivity contribution in [2.75, 3.05) is 0 Å². The number of hydrogen-bond acceptors (Lipinski definition) is 2. The van der Waals surface area contributed by atoms with Crippen LogP contribution < -0.4 is 0 Å². The van der Waals surface area contributed by atoms with Gasteiger partial charge in [-0.25, -0.2) is 9.97 Å². The Hall–Kier alpha value is -3.52. The third-order valence-corrected chi connectivity index (χ3v) is 7.18. The highest BCUT2D eigenvalue weighted by Crippen LogP contribution is 2.54. The molecule has 0 N–H and O–H groups in total. The van der Waals surface area contributed by atoms with E-state index in [1.54, 1.807) is 0 Å². The molecule has 142 valence electrons. The van der Waals surface area contributed by atoms with Crippen LogP contribution >= 0.6 is 0 Å². The van der Waals surface area contributed by atoms with E-state index in [0.29, 0.717) is 0 Å². The van der Waals surface area contributed by atoms with Crippen LogP contribution in [0, 0.1) is 13.8 Å². The first-order chi connectivity index (χ1) is 14.7. The summed E-state index contributed by atoms with van der Waals surface area (Å²) < 4.78 is 0. The van der Waals surface area contributed by atoms with E-state index in [1.807, 2.05) is 0 Å². The van der Waals surface area contributed by atoms with Crippen LogP contribution in [0.3, 0.4) is 0 Å². The van der Waals surface area contributed by atoms with E-state index in [1.165, 1.54) is 44.2 Å². The van der Waals surface area contributed by atoms with Crippen molar-refractivity contribution >= 4 is 21.8 Å². The number of aromatic nitrogens is 2. The van der Waals surface area contributed by atoms with Gasteiger partial charge in [0.1, 0.15) is 0 Å². The van der Waals surface area contributed by atoms with Gasteiger partial charge in [-0.2, -0.15) is 0 Å². The van der Waals surface area contributed by atoms with E-state index < -0.39 is 0 Å². The molecule has 0 saturated carbocycles. The van der Waals surface area contributed by atoms with Gasteiger partial charge in [0, 0.05) is 0 Å². The van der Waals surface area contributed by atoms with Crippen LogP contribution in [0.4, 0.5) is 0 Å². The summed E-state index contributed by atoms with van der Waals surface area (Å²) in [5, 5.41) is 2.55. The summed E-state index contributed by atoms with van der Waals surface area (Å²) in [6.45, 7) is 4.38. The minimum Gasteiger partial charge on any atom is -0.248 e. The second kappa shape index (κ2) is 5.54. The third kappa shape index (κ3) is 1.85. The fourth-order valence-electron chi connectivity index (χ4n) is 5.80. The van der Waals surface area contributed by atoms with Crippen molar-refractivity contribution in [3.05, 3.63) is 118 Å². The Morgan fingerprint density at radius 3 is 1.20 bits per heavy atom. The van der Waals surface area contributed by atoms with Crippen molar-refractivity contribution in [3.8, 4) is 0 Å². The Morgan fingerprint density at radius 1 is 0.500 bits per heavy atom. The van der Waals surface area contributed by atoms with E-state index in [2.05, 4.69) is 86.6 Å². The van der Waals surface area contributed by atoms with Crippen molar-refractivity contribution in [2.45, 2.75) is 25.7 Å². The summed E-state index contributed by atoms with van der Waals surface area (Å²) in [5.41, 5.74) is 12.4. The smallest absolute Gasteiger partial charge is 0.0929 e. The summed E-state index contributed by atoms with van der Waals surface area (Å²) >= 11 is 0. The Morgan fingerprint density at radius 2 is 0.833 bits per heavy atom. The highest BCUT2D eigenvalue weighted by molar-refractivity contribution is 6.02. The van der Waals surface area contributed by atoms with Gasteiger partial charge in [0.05, 0.1) is 34.3 Å². The van der Waals surface area contributed by atoms with Gasteiger partial charge >= 0.3 is 0 Å². The summed E-state index contributed by atoms with van der Waals surface area (Å²) in [5.74, 6) is 0.334. The van der Waals surface area contributed by atoms with Crippen molar-refractivity contribution in [3.63, 3.8) is 0 Å². The topological polar surface area (TPSA) is 25.8 Å². The van der Waals surface area contributed by atoms with E-state index in [4.69, 9.17) is 9.97 Å². The van der Waals surface area contributed by atoms with Crippen LogP contribution in [0.5, 0.6) is 0 Å². The maximum Gasteiger partial charge on any atom is 0.0929 e. The largest absolute Gasteiger partial charge is 0.248 e. The molecule has 0 atom stereocenters. The molecule has 0 fully saturated rings. The van der Waals surface area contributed by atoms with Crippen molar-refractivity contribution in [2.24, 2.45) is 0 Å².